The van der Waals surface area contributed by atoms with Crippen LogP contribution >= 0.6 is 0 Å². The van der Waals surface area contributed by atoms with Crippen molar-refractivity contribution in [1.29, 1.82) is 0 Å². The number of imidazole rings is 1. The van der Waals surface area contributed by atoms with Crippen molar-refractivity contribution in [2.45, 2.75) is 51.2 Å². The molecule has 0 amide bonds. The van der Waals surface area contributed by atoms with E-state index in [-0.39, 0.29) is 12.1 Å². The van der Waals surface area contributed by atoms with Crippen molar-refractivity contribution in [2.75, 3.05) is 13.2 Å². The molecule has 3 rings (SSSR count). The van der Waals surface area contributed by atoms with Crippen molar-refractivity contribution in [3.8, 4) is 0 Å². The minimum atomic E-state index is -0.289. The number of rotatable bonds is 1. The predicted octanol–water partition coefficient (Wildman–Crippen LogP) is 1.39. The second-order valence-corrected chi connectivity index (χ2v) is 5.13. The Bertz CT molecular complexity index is 414. The summed E-state index contributed by atoms with van der Waals surface area (Å²) >= 11 is 0. The number of aryl methyl sites for hydroxylation is 2. The summed E-state index contributed by atoms with van der Waals surface area (Å²) < 4.78 is 7.75. The third-order valence-electron chi connectivity index (χ3n) is 3.97. The fourth-order valence-corrected chi connectivity index (χ4v) is 3.10. The second kappa shape index (κ2) is 4.42. The lowest BCUT2D eigenvalue weighted by atomic mass is 9.99. The molecule has 0 saturated carbocycles. The first-order valence-electron chi connectivity index (χ1n) is 6.60. The highest BCUT2D eigenvalue weighted by atomic mass is 16.5. The molecule has 4 nitrogen and oxygen atoms in total. The van der Waals surface area contributed by atoms with Crippen LogP contribution in [-0.2, 0) is 17.6 Å². The van der Waals surface area contributed by atoms with Gasteiger partial charge in [0.05, 0.1) is 24.4 Å². The van der Waals surface area contributed by atoms with Gasteiger partial charge in [0, 0.05) is 12.3 Å². The van der Waals surface area contributed by atoms with Gasteiger partial charge in [-0.05, 0) is 39.0 Å². The summed E-state index contributed by atoms with van der Waals surface area (Å²) in [6.07, 6.45) is 5.11. The summed E-state index contributed by atoms with van der Waals surface area (Å²) in [6, 6.07) is 0.0677. The number of nitrogens with zero attached hydrogens (tertiary/aromatic N) is 2. The first-order chi connectivity index (χ1) is 8.27. The molecule has 17 heavy (non-hydrogen) atoms. The lowest BCUT2D eigenvalue weighted by molar-refractivity contribution is -0.0305. The summed E-state index contributed by atoms with van der Waals surface area (Å²) in [7, 11) is 0. The Balaban J connectivity index is 1.98. The number of hydrogen-bond donors (Lipinski definition) is 1. The van der Waals surface area contributed by atoms with E-state index in [4.69, 9.17) is 4.74 Å². The van der Waals surface area contributed by atoms with Crippen LogP contribution in [0.5, 0.6) is 0 Å². The molecule has 1 aliphatic carbocycles. The Hall–Kier alpha value is -0.870. The zero-order chi connectivity index (χ0) is 11.8. The summed E-state index contributed by atoms with van der Waals surface area (Å²) in [5.41, 5.74) is 2.58. The third kappa shape index (κ3) is 1.89. The van der Waals surface area contributed by atoms with Crippen molar-refractivity contribution in [3.05, 3.63) is 17.2 Å². The van der Waals surface area contributed by atoms with E-state index < -0.39 is 0 Å². The Kier molecular flexibility index (Phi) is 2.92. The molecule has 2 heterocycles. The van der Waals surface area contributed by atoms with Crippen molar-refractivity contribution in [3.63, 3.8) is 0 Å². The second-order valence-electron chi connectivity index (χ2n) is 5.13. The molecule has 1 N–H and O–H groups in total. The summed E-state index contributed by atoms with van der Waals surface area (Å²) in [4.78, 5) is 4.66. The smallest absolute Gasteiger partial charge is 0.106 e. The third-order valence-corrected chi connectivity index (χ3v) is 3.97. The Morgan fingerprint density at radius 1 is 1.35 bits per heavy atom. The van der Waals surface area contributed by atoms with Crippen molar-refractivity contribution in [1.82, 2.24) is 9.55 Å². The lowest BCUT2D eigenvalue weighted by Crippen LogP contribution is -2.35. The molecule has 4 heteroatoms. The van der Waals surface area contributed by atoms with Crippen LogP contribution in [0.2, 0.25) is 0 Å². The Labute approximate surface area is 102 Å². The van der Waals surface area contributed by atoms with Gasteiger partial charge in [-0.25, -0.2) is 4.98 Å². The molecular weight excluding hydrogens is 216 g/mol. The van der Waals surface area contributed by atoms with E-state index in [0.29, 0.717) is 13.2 Å². The van der Waals surface area contributed by atoms with Gasteiger partial charge in [0.25, 0.3) is 0 Å². The average molecular weight is 236 g/mol. The number of fused-ring (bicyclic) bond motifs is 1. The normalized spacial score (nSPS) is 29.1. The first-order valence-corrected chi connectivity index (χ1v) is 6.60. The maximum Gasteiger partial charge on any atom is 0.106 e. The maximum atomic E-state index is 10.1. The highest BCUT2D eigenvalue weighted by Gasteiger charge is 2.30. The molecule has 1 aromatic heterocycles. The minimum Gasteiger partial charge on any atom is -0.391 e. The lowest BCUT2D eigenvalue weighted by Gasteiger charge is -2.31. The van der Waals surface area contributed by atoms with Crippen LogP contribution in [0.4, 0.5) is 0 Å². The molecule has 0 spiro atoms. The molecule has 2 unspecified atom stereocenters. The highest BCUT2D eigenvalue weighted by Crippen LogP contribution is 2.29. The Morgan fingerprint density at radius 3 is 3.00 bits per heavy atom. The van der Waals surface area contributed by atoms with Gasteiger partial charge >= 0.3 is 0 Å². The van der Waals surface area contributed by atoms with Crippen LogP contribution < -0.4 is 0 Å². The van der Waals surface area contributed by atoms with Crippen molar-refractivity contribution >= 4 is 0 Å². The summed E-state index contributed by atoms with van der Waals surface area (Å²) in [5, 5.41) is 10.1. The molecule has 1 aliphatic heterocycles. The fraction of sp³-hybridized carbons (Fsp3) is 0.769. The van der Waals surface area contributed by atoms with Crippen LogP contribution in [0.15, 0.2) is 0 Å². The van der Waals surface area contributed by atoms with Gasteiger partial charge < -0.3 is 14.4 Å². The van der Waals surface area contributed by atoms with E-state index in [9.17, 15) is 5.11 Å². The van der Waals surface area contributed by atoms with Crippen molar-refractivity contribution < 1.29 is 9.84 Å². The topological polar surface area (TPSA) is 47.3 Å². The number of aliphatic hydroxyl groups excluding tert-OH is 1. The number of hydrogen-bond acceptors (Lipinski definition) is 3. The monoisotopic (exact) mass is 236 g/mol. The quantitative estimate of drug-likeness (QED) is 0.801. The average Bonchev–Trinajstić information content (AvgIpc) is 2.66. The van der Waals surface area contributed by atoms with E-state index in [2.05, 4.69) is 9.55 Å². The molecular formula is C13H20N2O2. The molecule has 0 radical (unpaired) electrons. The van der Waals surface area contributed by atoms with E-state index in [1.54, 1.807) is 0 Å². The van der Waals surface area contributed by atoms with Crippen LogP contribution in [-0.4, -0.2) is 34.0 Å². The fourth-order valence-electron chi connectivity index (χ4n) is 3.10. The van der Waals surface area contributed by atoms with Crippen molar-refractivity contribution in [2.24, 2.45) is 0 Å². The zero-order valence-electron chi connectivity index (χ0n) is 10.4. The van der Waals surface area contributed by atoms with Crippen LogP contribution in [0.3, 0.4) is 0 Å². The zero-order valence-corrected chi connectivity index (χ0v) is 10.4. The number of aliphatic hydroxyl groups is 1. The predicted molar refractivity (Wildman–Crippen MR) is 64.1 cm³/mol. The van der Waals surface area contributed by atoms with Gasteiger partial charge in [0.1, 0.15) is 5.82 Å². The van der Waals surface area contributed by atoms with Gasteiger partial charge in [0.15, 0.2) is 0 Å². The van der Waals surface area contributed by atoms with Crippen LogP contribution in [0, 0.1) is 6.92 Å². The first kappa shape index (κ1) is 11.2. The van der Waals surface area contributed by atoms with Gasteiger partial charge in [-0.3, -0.25) is 0 Å². The standard InChI is InChI=1S/C13H20N2O2/c1-9-14-10-4-2-3-5-11(10)15(9)12-8-17-7-6-13(12)16/h12-13,16H,2-8H2,1H3. The van der Waals surface area contributed by atoms with Gasteiger partial charge in [-0.2, -0.15) is 0 Å². The molecule has 1 fully saturated rings. The number of ether oxygens (including phenoxy) is 1. The van der Waals surface area contributed by atoms with E-state index in [0.717, 1.165) is 25.1 Å². The molecule has 1 aromatic rings. The summed E-state index contributed by atoms with van der Waals surface area (Å²) in [6.45, 7) is 3.33. The largest absolute Gasteiger partial charge is 0.391 e. The van der Waals surface area contributed by atoms with Crippen LogP contribution in [0.25, 0.3) is 0 Å². The molecule has 1 saturated heterocycles. The molecule has 2 atom stereocenters. The minimum absolute atomic E-state index is 0.0677. The summed E-state index contributed by atoms with van der Waals surface area (Å²) in [5.74, 6) is 1.03. The van der Waals surface area contributed by atoms with E-state index >= 15 is 0 Å². The Morgan fingerprint density at radius 2 is 2.18 bits per heavy atom. The van der Waals surface area contributed by atoms with E-state index in [1.165, 1.54) is 24.2 Å². The SMILES string of the molecule is Cc1nc2c(n1C1COCCC1O)CCCC2. The van der Waals surface area contributed by atoms with Gasteiger partial charge in [-0.15, -0.1) is 0 Å². The van der Waals surface area contributed by atoms with Crippen LogP contribution in [0.1, 0.15) is 42.5 Å². The molecule has 94 valence electrons. The highest BCUT2D eigenvalue weighted by molar-refractivity contribution is 5.21. The van der Waals surface area contributed by atoms with Gasteiger partial charge in [-0.1, -0.05) is 0 Å². The van der Waals surface area contributed by atoms with E-state index in [1.807, 2.05) is 6.92 Å². The molecule has 0 aromatic carbocycles. The number of aromatic nitrogens is 2. The van der Waals surface area contributed by atoms with Gasteiger partial charge in [0.2, 0.25) is 0 Å². The molecule has 2 aliphatic rings. The maximum absolute atomic E-state index is 10.1. The molecule has 0 bridgehead atoms.